The molecule has 3 heteroatoms. The van der Waals surface area contributed by atoms with Crippen molar-refractivity contribution in [3.8, 4) is 0 Å². The van der Waals surface area contributed by atoms with Crippen LogP contribution in [-0.2, 0) is 0 Å². The number of nitrogens with one attached hydrogen (secondary N) is 1. The maximum absolute atomic E-state index is 5.77. The second-order valence-corrected chi connectivity index (χ2v) is 5.10. The van der Waals surface area contributed by atoms with Crippen LogP contribution in [0.15, 0.2) is 36.4 Å². The molecule has 100 valence electrons. The summed E-state index contributed by atoms with van der Waals surface area (Å²) in [5.41, 5.74) is 12.4. The summed E-state index contributed by atoms with van der Waals surface area (Å²) >= 11 is 0. The van der Waals surface area contributed by atoms with Gasteiger partial charge in [0.2, 0.25) is 0 Å². The fourth-order valence-corrected chi connectivity index (χ4v) is 2.15. The second kappa shape index (κ2) is 5.22. The molecule has 0 saturated carbocycles. The molecule has 0 unspecified atom stereocenters. The normalized spacial score (nSPS) is 10.3. The summed E-state index contributed by atoms with van der Waals surface area (Å²) in [7, 11) is 4.11. The number of hydrogen-bond acceptors (Lipinski definition) is 3. The highest BCUT2D eigenvalue weighted by Gasteiger charge is 2.04. The average molecular weight is 255 g/mol. The molecule has 0 aliphatic heterocycles. The van der Waals surface area contributed by atoms with Crippen LogP contribution in [0.3, 0.4) is 0 Å². The van der Waals surface area contributed by atoms with Crippen LogP contribution < -0.4 is 16.0 Å². The first-order chi connectivity index (χ1) is 8.97. The molecular weight excluding hydrogens is 234 g/mol. The van der Waals surface area contributed by atoms with Gasteiger partial charge in [0.1, 0.15) is 0 Å². The van der Waals surface area contributed by atoms with Crippen LogP contribution in [0, 0.1) is 13.8 Å². The SMILES string of the molecule is Cc1cc(N)ccc1Nc1ccc(C)c(N(C)C)c1. The number of nitrogens with zero attached hydrogens (tertiary/aromatic N) is 1. The van der Waals surface area contributed by atoms with Gasteiger partial charge < -0.3 is 16.0 Å². The van der Waals surface area contributed by atoms with Crippen molar-refractivity contribution in [1.82, 2.24) is 0 Å². The van der Waals surface area contributed by atoms with Gasteiger partial charge >= 0.3 is 0 Å². The van der Waals surface area contributed by atoms with E-state index in [2.05, 4.69) is 56.4 Å². The van der Waals surface area contributed by atoms with Gasteiger partial charge in [0.25, 0.3) is 0 Å². The quantitative estimate of drug-likeness (QED) is 0.822. The lowest BCUT2D eigenvalue weighted by Gasteiger charge is -2.18. The molecule has 2 aromatic carbocycles. The van der Waals surface area contributed by atoms with E-state index >= 15 is 0 Å². The van der Waals surface area contributed by atoms with Gasteiger partial charge in [0, 0.05) is 36.8 Å². The van der Waals surface area contributed by atoms with Crippen molar-refractivity contribution in [3.05, 3.63) is 47.5 Å². The minimum absolute atomic E-state index is 0.793. The lowest BCUT2D eigenvalue weighted by atomic mass is 10.1. The molecule has 0 heterocycles. The number of benzene rings is 2. The van der Waals surface area contributed by atoms with E-state index in [-0.39, 0.29) is 0 Å². The van der Waals surface area contributed by atoms with Crippen LogP contribution in [0.4, 0.5) is 22.7 Å². The summed E-state index contributed by atoms with van der Waals surface area (Å²) in [5, 5.41) is 3.44. The Balaban J connectivity index is 2.31. The monoisotopic (exact) mass is 255 g/mol. The first kappa shape index (κ1) is 13.3. The van der Waals surface area contributed by atoms with E-state index in [1.54, 1.807) is 0 Å². The molecule has 3 nitrogen and oxygen atoms in total. The number of nitrogens with two attached hydrogens (primary N) is 1. The molecule has 0 aliphatic carbocycles. The van der Waals surface area contributed by atoms with Crippen LogP contribution in [0.2, 0.25) is 0 Å². The zero-order valence-electron chi connectivity index (χ0n) is 12.0. The third-order valence-corrected chi connectivity index (χ3v) is 3.22. The standard InChI is InChI=1S/C16H21N3/c1-11-5-7-14(10-16(11)19(3)4)18-15-8-6-13(17)9-12(15)2/h5-10,18H,17H2,1-4H3. The van der Waals surface area contributed by atoms with Gasteiger partial charge in [-0.05, 0) is 55.3 Å². The second-order valence-electron chi connectivity index (χ2n) is 5.10. The van der Waals surface area contributed by atoms with E-state index in [0.717, 1.165) is 22.6 Å². The highest BCUT2D eigenvalue weighted by Crippen LogP contribution is 2.27. The Morgan fingerprint density at radius 3 is 2.32 bits per heavy atom. The molecule has 0 bridgehead atoms. The van der Waals surface area contributed by atoms with Crippen LogP contribution in [0.25, 0.3) is 0 Å². The number of nitrogen functional groups attached to an aromatic ring is 1. The molecule has 19 heavy (non-hydrogen) atoms. The van der Waals surface area contributed by atoms with Crippen molar-refractivity contribution in [2.75, 3.05) is 30.0 Å². The van der Waals surface area contributed by atoms with E-state index in [1.165, 1.54) is 11.3 Å². The van der Waals surface area contributed by atoms with Gasteiger partial charge in [-0.25, -0.2) is 0 Å². The summed E-state index contributed by atoms with van der Waals surface area (Å²) in [4.78, 5) is 2.12. The molecule has 3 N–H and O–H groups in total. The Bertz CT molecular complexity index is 589. The summed E-state index contributed by atoms with van der Waals surface area (Å²) in [5.74, 6) is 0. The first-order valence-corrected chi connectivity index (χ1v) is 6.38. The topological polar surface area (TPSA) is 41.3 Å². The van der Waals surface area contributed by atoms with E-state index in [4.69, 9.17) is 5.73 Å². The van der Waals surface area contributed by atoms with Gasteiger partial charge in [-0.1, -0.05) is 6.07 Å². The van der Waals surface area contributed by atoms with E-state index in [0.29, 0.717) is 0 Å². The van der Waals surface area contributed by atoms with Crippen molar-refractivity contribution in [2.24, 2.45) is 0 Å². The maximum atomic E-state index is 5.77. The smallest absolute Gasteiger partial charge is 0.0415 e. The maximum Gasteiger partial charge on any atom is 0.0415 e. The van der Waals surface area contributed by atoms with E-state index < -0.39 is 0 Å². The lowest BCUT2D eigenvalue weighted by molar-refractivity contribution is 1.11. The third kappa shape index (κ3) is 2.99. The van der Waals surface area contributed by atoms with Gasteiger partial charge in [0.15, 0.2) is 0 Å². The first-order valence-electron chi connectivity index (χ1n) is 6.38. The number of rotatable bonds is 3. The Morgan fingerprint density at radius 2 is 1.68 bits per heavy atom. The molecule has 0 atom stereocenters. The predicted molar refractivity (Wildman–Crippen MR) is 84.4 cm³/mol. The van der Waals surface area contributed by atoms with E-state index in [9.17, 15) is 0 Å². The molecule has 0 aromatic heterocycles. The molecule has 0 fully saturated rings. The lowest BCUT2D eigenvalue weighted by Crippen LogP contribution is -2.10. The van der Waals surface area contributed by atoms with E-state index in [1.807, 2.05) is 18.2 Å². The van der Waals surface area contributed by atoms with Crippen molar-refractivity contribution in [1.29, 1.82) is 0 Å². The molecule has 0 spiro atoms. The minimum atomic E-state index is 0.793. The third-order valence-electron chi connectivity index (χ3n) is 3.22. The molecule has 0 radical (unpaired) electrons. The molecule has 2 rings (SSSR count). The van der Waals surface area contributed by atoms with Crippen molar-refractivity contribution in [2.45, 2.75) is 13.8 Å². The zero-order chi connectivity index (χ0) is 14.0. The van der Waals surface area contributed by atoms with Crippen molar-refractivity contribution in [3.63, 3.8) is 0 Å². The number of aryl methyl sites for hydroxylation is 2. The Morgan fingerprint density at radius 1 is 0.947 bits per heavy atom. The average Bonchev–Trinajstić information content (AvgIpc) is 2.34. The molecule has 0 amide bonds. The fourth-order valence-electron chi connectivity index (χ4n) is 2.15. The van der Waals surface area contributed by atoms with Crippen LogP contribution in [0.1, 0.15) is 11.1 Å². The van der Waals surface area contributed by atoms with Crippen LogP contribution >= 0.6 is 0 Å². The molecule has 0 aliphatic rings. The van der Waals surface area contributed by atoms with Gasteiger partial charge in [-0.2, -0.15) is 0 Å². The van der Waals surface area contributed by atoms with Crippen LogP contribution in [-0.4, -0.2) is 14.1 Å². The van der Waals surface area contributed by atoms with Gasteiger partial charge in [0.05, 0.1) is 0 Å². The largest absolute Gasteiger partial charge is 0.399 e. The van der Waals surface area contributed by atoms with Crippen molar-refractivity contribution < 1.29 is 0 Å². The Kier molecular flexibility index (Phi) is 3.65. The van der Waals surface area contributed by atoms with Crippen molar-refractivity contribution >= 4 is 22.7 Å². The van der Waals surface area contributed by atoms with Gasteiger partial charge in [-0.15, -0.1) is 0 Å². The number of anilines is 4. The van der Waals surface area contributed by atoms with Gasteiger partial charge in [-0.3, -0.25) is 0 Å². The fraction of sp³-hybridized carbons (Fsp3) is 0.250. The summed E-state index contributed by atoms with van der Waals surface area (Å²) in [6.07, 6.45) is 0. The molecule has 0 saturated heterocycles. The summed E-state index contributed by atoms with van der Waals surface area (Å²) < 4.78 is 0. The Labute approximate surface area is 115 Å². The Hall–Kier alpha value is -2.16. The number of hydrogen-bond donors (Lipinski definition) is 2. The zero-order valence-corrected chi connectivity index (χ0v) is 12.0. The predicted octanol–water partition coefficient (Wildman–Crippen LogP) is 3.70. The highest BCUT2D eigenvalue weighted by molar-refractivity contribution is 5.70. The summed E-state index contributed by atoms with van der Waals surface area (Å²) in [6.45, 7) is 4.17. The van der Waals surface area contributed by atoms with Crippen LogP contribution in [0.5, 0.6) is 0 Å². The highest BCUT2D eigenvalue weighted by atomic mass is 15.1. The summed E-state index contributed by atoms with van der Waals surface area (Å²) in [6, 6.07) is 12.3. The minimum Gasteiger partial charge on any atom is -0.399 e. The molecule has 2 aromatic rings. The molecular formula is C16H21N3.